The van der Waals surface area contributed by atoms with Gasteiger partial charge in [-0.05, 0) is 43.7 Å². The lowest BCUT2D eigenvalue weighted by Crippen LogP contribution is -2.40. The van der Waals surface area contributed by atoms with Crippen molar-refractivity contribution in [2.75, 3.05) is 0 Å². The topological polar surface area (TPSA) is 82.5 Å². The molecule has 1 aromatic heterocycles. The summed E-state index contributed by atoms with van der Waals surface area (Å²) in [5, 5.41) is 22.8. The van der Waals surface area contributed by atoms with E-state index in [4.69, 9.17) is 0 Å². The van der Waals surface area contributed by atoms with Crippen molar-refractivity contribution in [3.63, 3.8) is 0 Å². The molecule has 1 aliphatic carbocycles. The molecule has 134 valence electrons. The molecule has 1 aliphatic rings. The number of carbonyl (C=O) groups excluding carboxylic acids is 1. The van der Waals surface area contributed by atoms with Gasteiger partial charge in [0.15, 0.2) is 0 Å². The standard InChI is InChI=1S/C19H24N2O3S/c1-13-18(25-12-21-13)15-4-2-14(3-5-15)11-20-17(23)10-19(24)8-6-16(22)7-9-19/h2-5,12,16,22,24H,6-11H2,1H3,(H,20,23). The highest BCUT2D eigenvalue weighted by molar-refractivity contribution is 7.13. The van der Waals surface area contributed by atoms with Gasteiger partial charge in [0.05, 0.1) is 34.2 Å². The van der Waals surface area contributed by atoms with Crippen LogP contribution in [0.25, 0.3) is 10.4 Å². The number of aryl methyl sites for hydroxylation is 1. The molecule has 0 spiro atoms. The fourth-order valence-electron chi connectivity index (χ4n) is 3.23. The zero-order valence-electron chi connectivity index (χ0n) is 14.4. The van der Waals surface area contributed by atoms with Crippen LogP contribution in [0.1, 0.15) is 43.4 Å². The first kappa shape index (κ1) is 18.0. The van der Waals surface area contributed by atoms with Gasteiger partial charge in [-0.1, -0.05) is 24.3 Å². The van der Waals surface area contributed by atoms with Crippen LogP contribution >= 0.6 is 11.3 Å². The van der Waals surface area contributed by atoms with Crippen LogP contribution in [0.2, 0.25) is 0 Å². The number of hydrogen-bond donors (Lipinski definition) is 3. The summed E-state index contributed by atoms with van der Waals surface area (Å²) >= 11 is 1.62. The quantitative estimate of drug-likeness (QED) is 0.766. The summed E-state index contributed by atoms with van der Waals surface area (Å²) in [5.41, 5.74) is 4.04. The Morgan fingerprint density at radius 2 is 2.00 bits per heavy atom. The Balaban J connectivity index is 1.51. The SMILES string of the molecule is Cc1ncsc1-c1ccc(CNC(=O)CC2(O)CCC(O)CC2)cc1. The lowest BCUT2D eigenvalue weighted by atomic mass is 9.81. The van der Waals surface area contributed by atoms with Gasteiger partial charge in [-0.3, -0.25) is 4.79 Å². The maximum Gasteiger partial charge on any atom is 0.223 e. The number of aliphatic hydroxyl groups is 2. The molecule has 5 nitrogen and oxygen atoms in total. The molecule has 1 fully saturated rings. The molecule has 0 atom stereocenters. The van der Waals surface area contributed by atoms with E-state index in [-0.39, 0.29) is 18.4 Å². The number of thiazole rings is 1. The Kier molecular flexibility index (Phi) is 5.51. The molecule has 6 heteroatoms. The Labute approximate surface area is 151 Å². The third kappa shape index (κ3) is 4.66. The van der Waals surface area contributed by atoms with Crippen LogP contribution in [0, 0.1) is 6.92 Å². The van der Waals surface area contributed by atoms with Crippen LogP contribution in [-0.4, -0.2) is 32.8 Å². The van der Waals surface area contributed by atoms with Crippen LogP contribution in [0.4, 0.5) is 0 Å². The van der Waals surface area contributed by atoms with Crippen molar-refractivity contribution in [2.24, 2.45) is 0 Å². The Morgan fingerprint density at radius 1 is 1.32 bits per heavy atom. The molecule has 0 aliphatic heterocycles. The van der Waals surface area contributed by atoms with E-state index in [0.717, 1.165) is 21.7 Å². The van der Waals surface area contributed by atoms with E-state index < -0.39 is 5.60 Å². The van der Waals surface area contributed by atoms with Gasteiger partial charge >= 0.3 is 0 Å². The fraction of sp³-hybridized carbons (Fsp3) is 0.474. The summed E-state index contributed by atoms with van der Waals surface area (Å²) in [4.78, 5) is 17.6. The van der Waals surface area contributed by atoms with E-state index in [9.17, 15) is 15.0 Å². The highest BCUT2D eigenvalue weighted by Crippen LogP contribution is 2.31. The van der Waals surface area contributed by atoms with Crippen molar-refractivity contribution in [2.45, 2.75) is 57.3 Å². The van der Waals surface area contributed by atoms with Crippen molar-refractivity contribution in [1.29, 1.82) is 0 Å². The molecule has 0 bridgehead atoms. The maximum atomic E-state index is 12.1. The van der Waals surface area contributed by atoms with Gasteiger partial charge < -0.3 is 15.5 Å². The highest BCUT2D eigenvalue weighted by Gasteiger charge is 2.34. The molecular weight excluding hydrogens is 336 g/mol. The van der Waals surface area contributed by atoms with Crippen LogP contribution in [-0.2, 0) is 11.3 Å². The molecule has 1 heterocycles. The van der Waals surface area contributed by atoms with Gasteiger partial charge in [0.1, 0.15) is 0 Å². The Morgan fingerprint density at radius 3 is 2.60 bits per heavy atom. The summed E-state index contributed by atoms with van der Waals surface area (Å²) in [6.45, 7) is 2.44. The van der Waals surface area contributed by atoms with Crippen LogP contribution < -0.4 is 5.32 Å². The Bertz CT molecular complexity index is 719. The molecule has 0 saturated heterocycles. The summed E-state index contributed by atoms with van der Waals surface area (Å²) in [6.07, 6.45) is 1.82. The molecule has 0 unspecified atom stereocenters. The molecule has 1 amide bonds. The first-order chi connectivity index (χ1) is 12.0. The number of carbonyl (C=O) groups is 1. The molecule has 0 radical (unpaired) electrons. The molecule has 1 saturated carbocycles. The van der Waals surface area contributed by atoms with Gasteiger partial charge in [0.25, 0.3) is 0 Å². The van der Waals surface area contributed by atoms with Gasteiger partial charge in [-0.15, -0.1) is 11.3 Å². The average Bonchev–Trinajstić information content (AvgIpc) is 3.02. The van der Waals surface area contributed by atoms with Gasteiger partial charge in [0, 0.05) is 6.54 Å². The minimum atomic E-state index is -0.975. The van der Waals surface area contributed by atoms with E-state index in [2.05, 4.69) is 10.3 Å². The number of hydrogen-bond acceptors (Lipinski definition) is 5. The minimum absolute atomic E-state index is 0.0951. The zero-order chi connectivity index (χ0) is 17.9. The van der Waals surface area contributed by atoms with E-state index in [0.29, 0.717) is 32.2 Å². The summed E-state index contributed by atoms with van der Waals surface area (Å²) < 4.78 is 0. The third-order valence-electron chi connectivity index (χ3n) is 4.83. The second-order valence-electron chi connectivity index (χ2n) is 6.87. The predicted octanol–water partition coefficient (Wildman–Crippen LogP) is 2.79. The first-order valence-corrected chi connectivity index (χ1v) is 9.50. The number of benzene rings is 1. The number of nitrogens with one attached hydrogen (secondary N) is 1. The average molecular weight is 360 g/mol. The van der Waals surface area contributed by atoms with E-state index in [1.807, 2.05) is 36.7 Å². The minimum Gasteiger partial charge on any atom is -0.393 e. The van der Waals surface area contributed by atoms with Crippen molar-refractivity contribution < 1.29 is 15.0 Å². The zero-order valence-corrected chi connectivity index (χ0v) is 15.2. The first-order valence-electron chi connectivity index (χ1n) is 8.62. The molecule has 25 heavy (non-hydrogen) atoms. The lowest BCUT2D eigenvalue weighted by Gasteiger charge is -2.33. The number of aliphatic hydroxyl groups excluding tert-OH is 1. The number of rotatable bonds is 5. The predicted molar refractivity (Wildman–Crippen MR) is 98.2 cm³/mol. The number of nitrogens with zero attached hydrogens (tertiary/aromatic N) is 1. The lowest BCUT2D eigenvalue weighted by molar-refractivity contribution is -0.128. The number of amides is 1. The van der Waals surface area contributed by atoms with Gasteiger partial charge in [-0.25, -0.2) is 4.98 Å². The van der Waals surface area contributed by atoms with Crippen molar-refractivity contribution in [1.82, 2.24) is 10.3 Å². The largest absolute Gasteiger partial charge is 0.393 e. The summed E-state index contributed by atoms with van der Waals surface area (Å²) in [6, 6.07) is 8.08. The van der Waals surface area contributed by atoms with Crippen LogP contribution in [0.3, 0.4) is 0 Å². The maximum absolute atomic E-state index is 12.1. The second kappa shape index (κ2) is 7.64. The smallest absolute Gasteiger partial charge is 0.223 e. The van der Waals surface area contributed by atoms with Gasteiger partial charge in [0.2, 0.25) is 5.91 Å². The molecular formula is C19H24N2O3S. The monoisotopic (exact) mass is 360 g/mol. The Hall–Kier alpha value is -1.76. The number of aromatic nitrogens is 1. The van der Waals surface area contributed by atoms with Gasteiger partial charge in [-0.2, -0.15) is 0 Å². The van der Waals surface area contributed by atoms with Crippen LogP contribution in [0.15, 0.2) is 29.8 Å². The molecule has 3 rings (SSSR count). The third-order valence-corrected chi connectivity index (χ3v) is 5.80. The normalized spacial score (nSPS) is 23.4. The molecule has 3 N–H and O–H groups in total. The van der Waals surface area contributed by atoms with E-state index >= 15 is 0 Å². The second-order valence-corrected chi connectivity index (χ2v) is 7.73. The van der Waals surface area contributed by atoms with Crippen LogP contribution in [0.5, 0.6) is 0 Å². The summed E-state index contributed by atoms with van der Waals surface area (Å²) in [7, 11) is 0. The van der Waals surface area contributed by atoms with Crippen molar-refractivity contribution in [3.05, 3.63) is 41.0 Å². The van der Waals surface area contributed by atoms with E-state index in [1.165, 1.54) is 0 Å². The summed E-state index contributed by atoms with van der Waals surface area (Å²) in [5.74, 6) is -0.152. The highest BCUT2D eigenvalue weighted by atomic mass is 32.1. The fourth-order valence-corrected chi connectivity index (χ4v) is 4.04. The van der Waals surface area contributed by atoms with Crippen molar-refractivity contribution >= 4 is 17.2 Å². The van der Waals surface area contributed by atoms with Crippen molar-refractivity contribution in [3.8, 4) is 10.4 Å². The molecule has 1 aromatic carbocycles. The molecule has 2 aromatic rings. The van der Waals surface area contributed by atoms with E-state index in [1.54, 1.807) is 11.3 Å².